The number of nitrogens with zero attached hydrogens (tertiary/aromatic N) is 1. The van der Waals surface area contributed by atoms with E-state index >= 15 is 0 Å². The Bertz CT molecular complexity index is 562. The van der Waals surface area contributed by atoms with Crippen LogP contribution in [0.2, 0.25) is 0 Å². The summed E-state index contributed by atoms with van der Waals surface area (Å²) in [5, 5.41) is 3.52. The van der Waals surface area contributed by atoms with E-state index in [0.29, 0.717) is 0 Å². The second kappa shape index (κ2) is 4.46. The highest BCUT2D eigenvalue weighted by Gasteiger charge is 2.24. The van der Waals surface area contributed by atoms with Gasteiger partial charge in [-0.1, -0.05) is 12.1 Å². The summed E-state index contributed by atoms with van der Waals surface area (Å²) in [5.74, 6) is 1.87. The first-order chi connectivity index (χ1) is 8.78. The summed E-state index contributed by atoms with van der Waals surface area (Å²) < 4.78 is 5.28. The first-order valence-electron chi connectivity index (χ1n) is 6.20. The van der Waals surface area contributed by atoms with Gasteiger partial charge in [0.1, 0.15) is 11.6 Å². The molecule has 3 rings (SSSR count). The maximum absolute atomic E-state index is 5.28. The Balaban J connectivity index is 2.02. The van der Waals surface area contributed by atoms with E-state index in [4.69, 9.17) is 4.74 Å². The van der Waals surface area contributed by atoms with Crippen LogP contribution >= 0.6 is 0 Å². The third kappa shape index (κ3) is 1.88. The molecule has 0 spiro atoms. The Morgan fingerprint density at radius 3 is 3.11 bits per heavy atom. The molecule has 4 heteroatoms. The average Bonchev–Trinajstić information content (AvgIpc) is 2.78. The fourth-order valence-corrected chi connectivity index (χ4v) is 2.52. The largest absolute Gasteiger partial charge is 0.497 e. The van der Waals surface area contributed by atoms with Crippen LogP contribution in [0.4, 0.5) is 0 Å². The highest BCUT2D eigenvalue weighted by Crippen LogP contribution is 2.28. The van der Waals surface area contributed by atoms with E-state index in [1.54, 1.807) is 7.11 Å². The Morgan fingerprint density at radius 1 is 1.39 bits per heavy atom. The molecule has 2 N–H and O–H groups in total. The highest BCUT2D eigenvalue weighted by atomic mass is 16.5. The second-order valence-electron chi connectivity index (χ2n) is 4.60. The summed E-state index contributed by atoms with van der Waals surface area (Å²) in [6.07, 6.45) is 1.01. The second-order valence-corrected chi connectivity index (χ2v) is 4.60. The number of H-pyrrole nitrogens is 1. The number of ether oxygens (including phenoxy) is 1. The van der Waals surface area contributed by atoms with E-state index in [1.807, 2.05) is 19.1 Å². The minimum atomic E-state index is 0.161. The van der Waals surface area contributed by atoms with Gasteiger partial charge in [0.15, 0.2) is 0 Å². The summed E-state index contributed by atoms with van der Waals surface area (Å²) in [7, 11) is 1.69. The van der Waals surface area contributed by atoms with Crippen molar-refractivity contribution < 1.29 is 4.74 Å². The molecule has 4 nitrogen and oxygen atoms in total. The number of rotatable bonds is 2. The lowest BCUT2D eigenvalue weighted by atomic mass is 9.98. The van der Waals surface area contributed by atoms with Crippen LogP contribution in [-0.2, 0) is 6.42 Å². The molecule has 0 saturated heterocycles. The topological polar surface area (TPSA) is 49.9 Å². The normalized spacial score (nSPS) is 18.4. The van der Waals surface area contributed by atoms with E-state index in [-0.39, 0.29) is 6.04 Å². The van der Waals surface area contributed by atoms with Gasteiger partial charge in [0, 0.05) is 18.7 Å². The predicted octanol–water partition coefficient (Wildman–Crippen LogP) is 1.96. The van der Waals surface area contributed by atoms with Crippen molar-refractivity contribution in [1.29, 1.82) is 0 Å². The Hall–Kier alpha value is -1.81. The number of imidazole rings is 1. The van der Waals surface area contributed by atoms with E-state index in [0.717, 1.165) is 30.2 Å². The SMILES string of the molecule is COc1cccc(C2NCCc3[nH]c(C)nc32)c1. The molecule has 0 radical (unpaired) electrons. The smallest absolute Gasteiger partial charge is 0.119 e. The van der Waals surface area contributed by atoms with Gasteiger partial charge >= 0.3 is 0 Å². The molecule has 0 aliphatic carbocycles. The van der Waals surface area contributed by atoms with Crippen molar-refractivity contribution in [2.45, 2.75) is 19.4 Å². The Labute approximate surface area is 106 Å². The minimum absolute atomic E-state index is 0.161. The third-order valence-corrected chi connectivity index (χ3v) is 3.35. The third-order valence-electron chi connectivity index (χ3n) is 3.35. The van der Waals surface area contributed by atoms with Crippen LogP contribution in [-0.4, -0.2) is 23.6 Å². The van der Waals surface area contributed by atoms with Crippen LogP contribution < -0.4 is 10.1 Å². The van der Waals surface area contributed by atoms with Crippen molar-refractivity contribution >= 4 is 0 Å². The molecule has 1 atom stereocenters. The molecular weight excluding hydrogens is 226 g/mol. The molecule has 1 unspecified atom stereocenters. The lowest BCUT2D eigenvalue weighted by Crippen LogP contribution is -2.30. The molecule has 18 heavy (non-hydrogen) atoms. The lowest BCUT2D eigenvalue weighted by Gasteiger charge is -2.23. The molecule has 0 amide bonds. The Kier molecular flexibility index (Phi) is 2.80. The van der Waals surface area contributed by atoms with Crippen LogP contribution in [0.3, 0.4) is 0 Å². The summed E-state index contributed by atoms with van der Waals surface area (Å²) in [4.78, 5) is 7.95. The van der Waals surface area contributed by atoms with Crippen molar-refractivity contribution in [3.05, 3.63) is 47.0 Å². The first kappa shape index (κ1) is 11.3. The number of methoxy groups -OCH3 is 1. The number of aromatic nitrogens is 2. The molecular formula is C14H17N3O. The number of nitrogens with one attached hydrogen (secondary N) is 2. The molecule has 0 saturated carbocycles. The zero-order valence-corrected chi connectivity index (χ0v) is 10.7. The van der Waals surface area contributed by atoms with E-state index in [9.17, 15) is 0 Å². The number of hydrogen-bond donors (Lipinski definition) is 2. The van der Waals surface area contributed by atoms with Gasteiger partial charge in [0.05, 0.1) is 18.8 Å². The van der Waals surface area contributed by atoms with E-state index in [1.165, 1.54) is 11.3 Å². The summed E-state index contributed by atoms with van der Waals surface area (Å²) in [6, 6.07) is 8.32. The van der Waals surface area contributed by atoms with E-state index in [2.05, 4.69) is 27.4 Å². The quantitative estimate of drug-likeness (QED) is 0.847. The minimum Gasteiger partial charge on any atom is -0.497 e. The maximum Gasteiger partial charge on any atom is 0.119 e. The number of aryl methyl sites for hydroxylation is 1. The van der Waals surface area contributed by atoms with Crippen LogP contribution in [0, 0.1) is 6.92 Å². The number of aromatic amines is 1. The fraction of sp³-hybridized carbons (Fsp3) is 0.357. The highest BCUT2D eigenvalue weighted by molar-refractivity contribution is 5.37. The van der Waals surface area contributed by atoms with Crippen LogP contribution in [0.5, 0.6) is 5.75 Å². The van der Waals surface area contributed by atoms with Crippen molar-refractivity contribution in [1.82, 2.24) is 15.3 Å². The molecule has 0 fully saturated rings. The molecule has 1 aromatic heterocycles. The van der Waals surface area contributed by atoms with Crippen LogP contribution in [0.1, 0.15) is 28.8 Å². The van der Waals surface area contributed by atoms with Gasteiger partial charge in [0.25, 0.3) is 0 Å². The van der Waals surface area contributed by atoms with Gasteiger partial charge in [-0.05, 0) is 24.6 Å². The molecule has 0 bridgehead atoms. The summed E-state index contributed by atoms with van der Waals surface area (Å²) >= 11 is 0. The zero-order valence-electron chi connectivity index (χ0n) is 10.7. The monoisotopic (exact) mass is 243 g/mol. The number of benzene rings is 1. The molecule has 2 heterocycles. The molecule has 1 aromatic carbocycles. The van der Waals surface area contributed by atoms with Gasteiger partial charge < -0.3 is 15.0 Å². The van der Waals surface area contributed by atoms with E-state index < -0.39 is 0 Å². The number of hydrogen-bond acceptors (Lipinski definition) is 3. The van der Waals surface area contributed by atoms with Crippen molar-refractivity contribution in [2.75, 3.05) is 13.7 Å². The van der Waals surface area contributed by atoms with Gasteiger partial charge in [-0.2, -0.15) is 0 Å². The van der Waals surface area contributed by atoms with Crippen LogP contribution in [0.25, 0.3) is 0 Å². The summed E-state index contributed by atoms with van der Waals surface area (Å²) in [5.41, 5.74) is 3.56. The molecule has 1 aliphatic heterocycles. The predicted molar refractivity (Wildman–Crippen MR) is 69.9 cm³/mol. The Morgan fingerprint density at radius 2 is 2.28 bits per heavy atom. The van der Waals surface area contributed by atoms with Crippen molar-refractivity contribution in [3.8, 4) is 5.75 Å². The molecule has 94 valence electrons. The fourth-order valence-electron chi connectivity index (χ4n) is 2.52. The van der Waals surface area contributed by atoms with Crippen LogP contribution in [0.15, 0.2) is 24.3 Å². The summed E-state index contributed by atoms with van der Waals surface area (Å²) in [6.45, 7) is 2.97. The first-order valence-corrected chi connectivity index (χ1v) is 6.20. The van der Waals surface area contributed by atoms with Crippen molar-refractivity contribution in [2.24, 2.45) is 0 Å². The standard InChI is InChI=1S/C14H17N3O/c1-9-16-12-6-7-15-13(14(12)17-9)10-4-3-5-11(8-10)18-2/h3-5,8,13,15H,6-7H2,1-2H3,(H,16,17). The van der Waals surface area contributed by atoms with Crippen molar-refractivity contribution in [3.63, 3.8) is 0 Å². The van der Waals surface area contributed by atoms with Gasteiger partial charge in [-0.3, -0.25) is 0 Å². The van der Waals surface area contributed by atoms with Gasteiger partial charge in [-0.15, -0.1) is 0 Å². The molecule has 2 aromatic rings. The number of fused-ring (bicyclic) bond motifs is 1. The average molecular weight is 243 g/mol. The molecule has 1 aliphatic rings. The zero-order chi connectivity index (χ0) is 12.5. The van der Waals surface area contributed by atoms with Gasteiger partial charge in [0.2, 0.25) is 0 Å². The van der Waals surface area contributed by atoms with Gasteiger partial charge in [-0.25, -0.2) is 4.98 Å². The maximum atomic E-state index is 5.28. The lowest BCUT2D eigenvalue weighted by molar-refractivity contribution is 0.413.